The topological polar surface area (TPSA) is 24.1 Å². The average Bonchev–Trinajstić information content (AvgIpc) is 2.76. The lowest BCUT2D eigenvalue weighted by Crippen LogP contribution is -2.38. The average molecular weight is 186 g/mol. The van der Waals surface area contributed by atoms with Gasteiger partial charge in [-0.1, -0.05) is 0 Å². The number of hydrogen-bond donors (Lipinski definition) is 2. The Bertz CT molecular complexity index is 147. The molecule has 0 bridgehead atoms. The smallest absolute Gasteiger partial charge is 0.0243 e. The highest BCUT2D eigenvalue weighted by atomic mass is 32.2. The lowest BCUT2D eigenvalue weighted by molar-refractivity contribution is 0.457. The molecule has 12 heavy (non-hydrogen) atoms. The Morgan fingerprint density at radius 3 is 2.92 bits per heavy atom. The van der Waals surface area contributed by atoms with Gasteiger partial charge in [0.2, 0.25) is 0 Å². The van der Waals surface area contributed by atoms with Gasteiger partial charge >= 0.3 is 0 Å². The van der Waals surface area contributed by atoms with Crippen molar-refractivity contribution < 1.29 is 0 Å². The maximum absolute atomic E-state index is 3.71. The summed E-state index contributed by atoms with van der Waals surface area (Å²) in [6.45, 7) is 2.40. The summed E-state index contributed by atoms with van der Waals surface area (Å²) in [5, 5.41) is 7.18. The van der Waals surface area contributed by atoms with E-state index in [1.165, 1.54) is 31.7 Å². The van der Waals surface area contributed by atoms with Gasteiger partial charge in [0.15, 0.2) is 0 Å². The molecule has 0 aromatic carbocycles. The fraction of sp³-hybridized carbons (Fsp3) is 1.00. The maximum Gasteiger partial charge on any atom is 0.0243 e. The van der Waals surface area contributed by atoms with Crippen LogP contribution in [0.25, 0.3) is 0 Å². The van der Waals surface area contributed by atoms with Gasteiger partial charge in [-0.25, -0.2) is 0 Å². The summed E-state index contributed by atoms with van der Waals surface area (Å²) in [6, 6.07) is 1.62. The molecule has 1 aliphatic heterocycles. The van der Waals surface area contributed by atoms with Crippen LogP contribution in [0.5, 0.6) is 0 Å². The van der Waals surface area contributed by atoms with Gasteiger partial charge in [-0.05, 0) is 30.8 Å². The van der Waals surface area contributed by atoms with Crippen LogP contribution < -0.4 is 10.6 Å². The monoisotopic (exact) mass is 186 g/mol. The minimum atomic E-state index is 0.755. The van der Waals surface area contributed by atoms with Crippen molar-refractivity contribution in [2.75, 3.05) is 25.1 Å². The summed E-state index contributed by atoms with van der Waals surface area (Å²) in [5.74, 6) is 2.16. The second kappa shape index (κ2) is 3.99. The Morgan fingerprint density at radius 1 is 1.42 bits per heavy atom. The predicted molar refractivity (Wildman–Crippen MR) is 54.7 cm³/mol. The summed E-state index contributed by atoms with van der Waals surface area (Å²) in [6.07, 6.45) is 5.01. The zero-order chi connectivity index (χ0) is 8.39. The number of hydrogen-bond acceptors (Lipinski definition) is 3. The molecule has 2 aliphatic rings. The molecule has 0 spiro atoms. The van der Waals surface area contributed by atoms with Crippen LogP contribution in [0.15, 0.2) is 0 Å². The van der Waals surface area contributed by atoms with E-state index in [0.29, 0.717) is 0 Å². The van der Waals surface area contributed by atoms with Crippen LogP contribution in [0, 0.1) is 5.92 Å². The van der Waals surface area contributed by atoms with Gasteiger partial charge in [-0.3, -0.25) is 0 Å². The molecular weight excluding hydrogens is 168 g/mol. The van der Waals surface area contributed by atoms with E-state index >= 15 is 0 Å². The fourth-order valence-corrected chi connectivity index (χ4v) is 2.65. The number of thioether (sulfide) groups is 1. The van der Waals surface area contributed by atoms with Gasteiger partial charge in [0, 0.05) is 25.2 Å². The first-order valence-electron chi connectivity index (χ1n) is 4.86. The van der Waals surface area contributed by atoms with E-state index in [-0.39, 0.29) is 0 Å². The van der Waals surface area contributed by atoms with Gasteiger partial charge in [-0.15, -0.1) is 0 Å². The minimum absolute atomic E-state index is 0.755. The van der Waals surface area contributed by atoms with Crippen LogP contribution in [-0.4, -0.2) is 37.2 Å². The summed E-state index contributed by atoms with van der Waals surface area (Å²) >= 11 is 1.97. The van der Waals surface area contributed by atoms with Crippen molar-refractivity contribution in [3.63, 3.8) is 0 Å². The van der Waals surface area contributed by atoms with Crippen LogP contribution in [0.2, 0.25) is 0 Å². The van der Waals surface area contributed by atoms with Crippen molar-refractivity contribution in [3.8, 4) is 0 Å². The lowest BCUT2D eigenvalue weighted by atomic mass is 10.1. The molecule has 2 unspecified atom stereocenters. The molecule has 1 saturated heterocycles. The van der Waals surface area contributed by atoms with E-state index in [9.17, 15) is 0 Å². The number of nitrogens with one attached hydrogen (secondary N) is 2. The van der Waals surface area contributed by atoms with Crippen LogP contribution in [0.4, 0.5) is 0 Å². The van der Waals surface area contributed by atoms with E-state index in [1.54, 1.807) is 0 Å². The molecule has 2 atom stereocenters. The molecule has 70 valence electrons. The van der Waals surface area contributed by atoms with Crippen molar-refractivity contribution in [1.29, 1.82) is 0 Å². The summed E-state index contributed by atoms with van der Waals surface area (Å²) in [5.41, 5.74) is 0. The zero-order valence-corrected chi connectivity index (χ0v) is 8.49. The lowest BCUT2D eigenvalue weighted by Gasteiger charge is -2.18. The molecule has 0 aromatic heterocycles. The molecule has 2 fully saturated rings. The van der Waals surface area contributed by atoms with Gasteiger partial charge in [-0.2, -0.15) is 11.8 Å². The van der Waals surface area contributed by atoms with Gasteiger partial charge in [0.05, 0.1) is 0 Å². The molecule has 0 aromatic rings. The van der Waals surface area contributed by atoms with Crippen LogP contribution in [0.1, 0.15) is 12.8 Å². The third-order valence-electron chi connectivity index (χ3n) is 2.75. The molecule has 1 heterocycles. The maximum atomic E-state index is 3.71. The highest BCUT2D eigenvalue weighted by Gasteiger charge is 2.31. The predicted octanol–water partition coefficient (Wildman–Crippen LogP) is 0.689. The Morgan fingerprint density at radius 2 is 2.25 bits per heavy atom. The van der Waals surface area contributed by atoms with Crippen molar-refractivity contribution >= 4 is 11.8 Å². The van der Waals surface area contributed by atoms with Crippen molar-refractivity contribution in [1.82, 2.24) is 10.6 Å². The molecule has 1 saturated carbocycles. The first-order valence-corrected chi connectivity index (χ1v) is 6.25. The van der Waals surface area contributed by atoms with E-state index in [4.69, 9.17) is 0 Å². The molecule has 3 heteroatoms. The second-order valence-corrected chi connectivity index (χ2v) is 4.83. The molecule has 2 nitrogen and oxygen atoms in total. The third-order valence-corrected chi connectivity index (χ3v) is 3.51. The first-order chi connectivity index (χ1) is 5.90. The quantitative estimate of drug-likeness (QED) is 0.675. The SMILES string of the molecule is CSCC1CNCC1NC1CC1. The molecule has 1 aliphatic carbocycles. The summed E-state index contributed by atoms with van der Waals surface area (Å²) in [7, 11) is 0. The second-order valence-electron chi connectivity index (χ2n) is 3.92. The van der Waals surface area contributed by atoms with Crippen molar-refractivity contribution in [3.05, 3.63) is 0 Å². The van der Waals surface area contributed by atoms with Crippen molar-refractivity contribution in [2.45, 2.75) is 24.9 Å². The van der Waals surface area contributed by atoms with Crippen LogP contribution in [-0.2, 0) is 0 Å². The molecule has 2 rings (SSSR count). The van der Waals surface area contributed by atoms with E-state index < -0.39 is 0 Å². The normalized spacial score (nSPS) is 35.8. The standard InChI is InChI=1S/C9H18N2S/c1-12-6-7-4-10-5-9(7)11-8-2-3-8/h7-11H,2-6H2,1H3. The third kappa shape index (κ3) is 2.15. The van der Waals surface area contributed by atoms with Gasteiger partial charge < -0.3 is 10.6 Å². The van der Waals surface area contributed by atoms with Crippen LogP contribution in [0.3, 0.4) is 0 Å². The molecular formula is C9H18N2S. The zero-order valence-electron chi connectivity index (χ0n) is 7.68. The summed E-state index contributed by atoms with van der Waals surface area (Å²) < 4.78 is 0. The Labute approximate surface area is 78.9 Å². The largest absolute Gasteiger partial charge is 0.315 e. The van der Waals surface area contributed by atoms with Crippen LogP contribution >= 0.6 is 11.8 Å². The van der Waals surface area contributed by atoms with E-state index in [2.05, 4.69) is 16.9 Å². The molecule has 2 N–H and O–H groups in total. The van der Waals surface area contributed by atoms with E-state index in [0.717, 1.165) is 18.0 Å². The minimum Gasteiger partial charge on any atom is -0.315 e. The highest BCUT2D eigenvalue weighted by Crippen LogP contribution is 2.23. The van der Waals surface area contributed by atoms with Crippen molar-refractivity contribution in [2.24, 2.45) is 5.92 Å². The summed E-state index contributed by atoms with van der Waals surface area (Å²) in [4.78, 5) is 0. The van der Waals surface area contributed by atoms with Gasteiger partial charge in [0.1, 0.15) is 0 Å². The Kier molecular flexibility index (Phi) is 2.94. The Balaban J connectivity index is 1.76. The highest BCUT2D eigenvalue weighted by molar-refractivity contribution is 7.98. The molecule has 0 radical (unpaired) electrons. The number of rotatable bonds is 4. The fourth-order valence-electron chi connectivity index (χ4n) is 1.87. The molecule has 0 amide bonds. The Hall–Kier alpha value is 0.270. The first kappa shape index (κ1) is 8.85. The van der Waals surface area contributed by atoms with E-state index in [1.807, 2.05) is 11.8 Å². The van der Waals surface area contributed by atoms with Gasteiger partial charge in [0.25, 0.3) is 0 Å².